The first-order valence-electron chi connectivity index (χ1n) is 8.03. The van der Waals surface area contributed by atoms with Gasteiger partial charge < -0.3 is 10.1 Å². The molecule has 128 valence electrons. The average Bonchev–Trinajstić information content (AvgIpc) is 3.05. The minimum atomic E-state index is -0.264. The second-order valence-electron chi connectivity index (χ2n) is 5.69. The number of aryl methyl sites for hydroxylation is 2. The summed E-state index contributed by atoms with van der Waals surface area (Å²) in [6.07, 6.45) is 0. The van der Waals surface area contributed by atoms with Gasteiger partial charge in [-0.2, -0.15) is 0 Å². The summed E-state index contributed by atoms with van der Waals surface area (Å²) in [5.74, 6) is 0.835. The molecule has 3 rings (SSSR count). The molecule has 0 saturated carbocycles. The van der Waals surface area contributed by atoms with Gasteiger partial charge in [0.05, 0.1) is 6.61 Å². The maximum atomic E-state index is 12.4. The van der Waals surface area contributed by atoms with Crippen LogP contribution >= 0.6 is 0 Å². The third-order valence-corrected chi connectivity index (χ3v) is 3.78. The van der Waals surface area contributed by atoms with Gasteiger partial charge in [0.2, 0.25) is 5.82 Å². The lowest BCUT2D eigenvalue weighted by atomic mass is 10.1. The zero-order valence-electron chi connectivity index (χ0n) is 14.4. The Bertz CT molecular complexity index is 885. The second-order valence-corrected chi connectivity index (χ2v) is 5.69. The first kappa shape index (κ1) is 16.7. The van der Waals surface area contributed by atoms with E-state index in [1.54, 1.807) is 12.1 Å². The predicted octanol–water partition coefficient (Wildman–Crippen LogP) is 4.00. The number of anilines is 1. The molecule has 2 aromatic carbocycles. The molecule has 0 unspecified atom stereocenters. The highest BCUT2D eigenvalue weighted by Crippen LogP contribution is 2.29. The van der Waals surface area contributed by atoms with E-state index in [1.165, 1.54) is 0 Å². The molecule has 1 aromatic heterocycles. The van der Waals surface area contributed by atoms with Gasteiger partial charge in [-0.3, -0.25) is 4.79 Å². The molecule has 1 heterocycles. The van der Waals surface area contributed by atoms with Crippen LogP contribution in [0.4, 0.5) is 5.82 Å². The molecule has 3 aromatic rings. The molecule has 0 fully saturated rings. The molecule has 6 nitrogen and oxygen atoms in total. The lowest BCUT2D eigenvalue weighted by molar-refractivity contribution is 0.102. The van der Waals surface area contributed by atoms with Crippen LogP contribution in [0.15, 0.2) is 47.1 Å². The Morgan fingerprint density at radius 2 is 1.88 bits per heavy atom. The van der Waals surface area contributed by atoms with Crippen molar-refractivity contribution >= 4 is 11.7 Å². The normalized spacial score (nSPS) is 10.5. The maximum Gasteiger partial charge on any atom is 0.256 e. The van der Waals surface area contributed by atoms with E-state index in [-0.39, 0.29) is 11.7 Å². The summed E-state index contributed by atoms with van der Waals surface area (Å²) >= 11 is 0. The van der Waals surface area contributed by atoms with Crippen molar-refractivity contribution in [3.63, 3.8) is 0 Å². The first-order valence-corrected chi connectivity index (χ1v) is 8.03. The SMILES string of the molecule is CCOc1ccc(-c2nonc2NC(=O)c2ccc(C)cc2)cc1C. The number of hydrogen-bond donors (Lipinski definition) is 1. The van der Waals surface area contributed by atoms with Crippen LogP contribution < -0.4 is 10.1 Å². The van der Waals surface area contributed by atoms with E-state index in [9.17, 15) is 4.79 Å². The number of carbonyl (C=O) groups excluding carboxylic acids is 1. The van der Waals surface area contributed by atoms with Gasteiger partial charge in [-0.25, -0.2) is 4.63 Å². The number of nitrogens with one attached hydrogen (secondary N) is 1. The molecule has 0 aliphatic rings. The van der Waals surface area contributed by atoms with Gasteiger partial charge in [0, 0.05) is 11.1 Å². The van der Waals surface area contributed by atoms with Gasteiger partial charge in [0.1, 0.15) is 5.75 Å². The van der Waals surface area contributed by atoms with Crippen LogP contribution in [-0.4, -0.2) is 22.8 Å². The van der Waals surface area contributed by atoms with Crippen molar-refractivity contribution < 1.29 is 14.2 Å². The summed E-state index contributed by atoms with van der Waals surface area (Å²) in [6, 6.07) is 12.9. The van der Waals surface area contributed by atoms with Crippen LogP contribution in [0.5, 0.6) is 5.75 Å². The van der Waals surface area contributed by atoms with Crippen molar-refractivity contribution in [2.45, 2.75) is 20.8 Å². The van der Waals surface area contributed by atoms with Crippen LogP contribution in [0.25, 0.3) is 11.3 Å². The number of benzene rings is 2. The zero-order valence-corrected chi connectivity index (χ0v) is 14.4. The fourth-order valence-corrected chi connectivity index (χ4v) is 2.46. The molecule has 1 N–H and O–H groups in total. The molecule has 0 bridgehead atoms. The molecule has 0 aliphatic carbocycles. The number of aromatic nitrogens is 2. The highest BCUT2D eigenvalue weighted by Gasteiger charge is 2.17. The van der Waals surface area contributed by atoms with Crippen molar-refractivity contribution in [2.24, 2.45) is 0 Å². The van der Waals surface area contributed by atoms with Crippen LogP contribution in [0.1, 0.15) is 28.4 Å². The monoisotopic (exact) mass is 337 g/mol. The van der Waals surface area contributed by atoms with E-state index >= 15 is 0 Å². The number of ether oxygens (including phenoxy) is 1. The van der Waals surface area contributed by atoms with Gasteiger partial charge >= 0.3 is 0 Å². The van der Waals surface area contributed by atoms with Crippen molar-refractivity contribution in [3.05, 3.63) is 59.2 Å². The number of carbonyl (C=O) groups is 1. The quantitative estimate of drug-likeness (QED) is 0.761. The second kappa shape index (κ2) is 7.17. The number of nitrogens with zero attached hydrogens (tertiary/aromatic N) is 2. The van der Waals surface area contributed by atoms with Crippen LogP contribution in [0.3, 0.4) is 0 Å². The summed E-state index contributed by atoms with van der Waals surface area (Å²) in [5.41, 5.74) is 3.87. The summed E-state index contributed by atoms with van der Waals surface area (Å²) < 4.78 is 10.4. The average molecular weight is 337 g/mol. The largest absolute Gasteiger partial charge is 0.494 e. The maximum absolute atomic E-state index is 12.4. The van der Waals surface area contributed by atoms with Crippen molar-refractivity contribution in [1.29, 1.82) is 0 Å². The molecule has 0 aliphatic heterocycles. The van der Waals surface area contributed by atoms with Gasteiger partial charge in [-0.1, -0.05) is 17.7 Å². The minimum absolute atomic E-state index is 0.264. The number of amides is 1. The van der Waals surface area contributed by atoms with Crippen LogP contribution in [0.2, 0.25) is 0 Å². The third kappa shape index (κ3) is 3.68. The van der Waals surface area contributed by atoms with Crippen molar-refractivity contribution in [3.8, 4) is 17.0 Å². The Morgan fingerprint density at radius 3 is 2.56 bits per heavy atom. The van der Waals surface area contributed by atoms with E-state index in [0.29, 0.717) is 17.9 Å². The van der Waals surface area contributed by atoms with Gasteiger partial charge in [0.15, 0.2) is 5.69 Å². The van der Waals surface area contributed by atoms with E-state index < -0.39 is 0 Å². The summed E-state index contributed by atoms with van der Waals surface area (Å²) in [5, 5.41) is 10.5. The van der Waals surface area contributed by atoms with Crippen molar-refractivity contribution in [2.75, 3.05) is 11.9 Å². The molecule has 0 atom stereocenters. The van der Waals surface area contributed by atoms with Crippen LogP contribution in [0, 0.1) is 13.8 Å². The number of rotatable bonds is 5. The fourth-order valence-electron chi connectivity index (χ4n) is 2.46. The molecule has 0 radical (unpaired) electrons. The Hall–Kier alpha value is -3.15. The summed E-state index contributed by atoms with van der Waals surface area (Å²) in [4.78, 5) is 12.4. The summed E-state index contributed by atoms with van der Waals surface area (Å²) in [7, 11) is 0. The smallest absolute Gasteiger partial charge is 0.256 e. The van der Waals surface area contributed by atoms with Crippen LogP contribution in [-0.2, 0) is 0 Å². The highest BCUT2D eigenvalue weighted by atomic mass is 16.6. The van der Waals surface area contributed by atoms with E-state index in [2.05, 4.69) is 15.6 Å². The predicted molar refractivity (Wildman–Crippen MR) is 94.8 cm³/mol. The Kier molecular flexibility index (Phi) is 4.79. The highest BCUT2D eigenvalue weighted by molar-refractivity contribution is 6.05. The lowest BCUT2D eigenvalue weighted by Gasteiger charge is -2.08. The third-order valence-electron chi connectivity index (χ3n) is 3.78. The Morgan fingerprint density at radius 1 is 1.12 bits per heavy atom. The molecule has 6 heteroatoms. The minimum Gasteiger partial charge on any atom is -0.494 e. The molecular formula is C19H19N3O3. The Labute approximate surface area is 145 Å². The van der Waals surface area contributed by atoms with Gasteiger partial charge in [-0.15, -0.1) is 0 Å². The van der Waals surface area contributed by atoms with Crippen molar-refractivity contribution in [1.82, 2.24) is 10.3 Å². The van der Waals surface area contributed by atoms with E-state index in [0.717, 1.165) is 22.4 Å². The van der Waals surface area contributed by atoms with Gasteiger partial charge in [0.25, 0.3) is 5.91 Å². The lowest BCUT2D eigenvalue weighted by Crippen LogP contribution is -2.12. The molecule has 0 spiro atoms. The zero-order chi connectivity index (χ0) is 17.8. The van der Waals surface area contributed by atoms with E-state index in [4.69, 9.17) is 9.37 Å². The molecule has 25 heavy (non-hydrogen) atoms. The van der Waals surface area contributed by atoms with Gasteiger partial charge in [-0.05, 0) is 67.0 Å². The molecular weight excluding hydrogens is 318 g/mol. The topological polar surface area (TPSA) is 77.2 Å². The fraction of sp³-hybridized carbons (Fsp3) is 0.211. The standard InChI is InChI=1S/C19H19N3O3/c1-4-24-16-10-9-15(11-13(16)3)17-18(22-25-21-17)20-19(23)14-7-5-12(2)6-8-14/h5-11H,4H2,1-3H3,(H,20,22,23). The Balaban J connectivity index is 1.84. The molecule has 0 saturated heterocycles. The molecule has 1 amide bonds. The summed E-state index contributed by atoms with van der Waals surface area (Å²) in [6.45, 7) is 6.46. The first-order chi connectivity index (χ1) is 12.1. The van der Waals surface area contributed by atoms with E-state index in [1.807, 2.05) is 51.1 Å². The number of hydrogen-bond acceptors (Lipinski definition) is 5.